The number of sulfone groups is 1. The molecular weight excluding hydrogens is 316 g/mol. The third-order valence-electron chi connectivity index (χ3n) is 3.09. The van der Waals surface area contributed by atoms with E-state index in [1.165, 1.54) is 17.2 Å². The fourth-order valence-corrected chi connectivity index (χ4v) is 3.84. The van der Waals surface area contributed by atoms with Crippen LogP contribution in [0.2, 0.25) is 0 Å². The molecule has 2 aromatic rings. The van der Waals surface area contributed by atoms with Gasteiger partial charge < -0.3 is 4.74 Å². The van der Waals surface area contributed by atoms with Gasteiger partial charge in [0.05, 0.1) is 12.0 Å². The highest BCUT2D eigenvalue weighted by molar-refractivity contribution is 8.02. The van der Waals surface area contributed by atoms with E-state index >= 15 is 0 Å². The molecule has 0 saturated heterocycles. The van der Waals surface area contributed by atoms with Gasteiger partial charge in [0.25, 0.3) is 0 Å². The van der Waals surface area contributed by atoms with E-state index in [1.807, 2.05) is 31.2 Å². The van der Waals surface area contributed by atoms with E-state index in [9.17, 15) is 8.42 Å². The lowest BCUT2D eigenvalue weighted by Crippen LogP contribution is -1.95. The van der Waals surface area contributed by atoms with Crippen LogP contribution in [0.5, 0.6) is 5.75 Å². The molecule has 22 heavy (non-hydrogen) atoms. The van der Waals surface area contributed by atoms with Crippen molar-refractivity contribution in [1.29, 1.82) is 0 Å². The van der Waals surface area contributed by atoms with E-state index in [4.69, 9.17) is 4.74 Å². The Balaban J connectivity index is 1.94. The van der Waals surface area contributed by atoms with Gasteiger partial charge in [0.15, 0.2) is 9.84 Å². The van der Waals surface area contributed by atoms with Crippen molar-refractivity contribution in [2.75, 3.05) is 7.11 Å². The largest absolute Gasteiger partial charge is 0.497 e. The van der Waals surface area contributed by atoms with Crippen LogP contribution in [0.3, 0.4) is 0 Å². The highest BCUT2D eigenvalue weighted by Gasteiger charge is 2.09. The average molecular weight is 334 g/mol. The molecule has 2 rings (SSSR count). The molecule has 0 aliphatic carbocycles. The van der Waals surface area contributed by atoms with Gasteiger partial charge in [0.2, 0.25) is 0 Å². The molecule has 0 aromatic heterocycles. The van der Waals surface area contributed by atoms with Crippen molar-refractivity contribution in [2.45, 2.75) is 17.6 Å². The van der Waals surface area contributed by atoms with E-state index in [2.05, 4.69) is 0 Å². The molecule has 0 saturated carbocycles. The Morgan fingerprint density at radius 2 is 1.68 bits per heavy atom. The van der Waals surface area contributed by atoms with Crippen LogP contribution in [0, 0.1) is 6.92 Å². The summed E-state index contributed by atoms with van der Waals surface area (Å²) < 4.78 is 29.3. The van der Waals surface area contributed by atoms with Gasteiger partial charge in [-0.1, -0.05) is 29.8 Å². The van der Waals surface area contributed by atoms with E-state index in [1.54, 1.807) is 36.8 Å². The van der Waals surface area contributed by atoms with Gasteiger partial charge >= 0.3 is 0 Å². The number of thioether (sulfide) groups is 1. The number of rotatable bonds is 6. The first-order valence-corrected chi connectivity index (χ1v) is 9.33. The van der Waals surface area contributed by atoms with Crippen LogP contribution in [0.1, 0.15) is 11.1 Å². The van der Waals surface area contributed by atoms with Crippen LogP contribution < -0.4 is 4.74 Å². The fraction of sp³-hybridized carbons (Fsp3) is 0.176. The number of ether oxygens (including phenoxy) is 1. The first-order chi connectivity index (χ1) is 10.5. The molecule has 116 valence electrons. The van der Waals surface area contributed by atoms with E-state index in [0.717, 1.165) is 16.9 Å². The Morgan fingerprint density at radius 1 is 1.05 bits per heavy atom. The standard InChI is InChI=1S/C17H18O3S2/c1-14-3-9-17(10-4-14)22(18,19)12-11-21-13-15-5-7-16(20-2)8-6-15/h3-12H,13H2,1-2H3/b12-11+. The van der Waals surface area contributed by atoms with Crippen molar-refractivity contribution < 1.29 is 13.2 Å². The smallest absolute Gasteiger partial charge is 0.200 e. The number of hydrogen-bond acceptors (Lipinski definition) is 4. The Bertz CT molecular complexity index is 730. The summed E-state index contributed by atoms with van der Waals surface area (Å²) in [5, 5.41) is 2.88. The summed E-state index contributed by atoms with van der Waals surface area (Å²) in [6.07, 6.45) is 0. The quantitative estimate of drug-likeness (QED) is 0.795. The molecule has 0 unspecified atom stereocenters. The predicted octanol–water partition coefficient (Wildman–Crippen LogP) is 4.18. The zero-order chi connectivity index (χ0) is 16.0. The Hall–Kier alpha value is -1.72. The molecule has 0 spiro atoms. The molecule has 0 amide bonds. The third kappa shape index (κ3) is 4.64. The van der Waals surface area contributed by atoms with Crippen LogP contribution in [0.4, 0.5) is 0 Å². The van der Waals surface area contributed by atoms with Gasteiger partial charge in [-0.2, -0.15) is 0 Å². The van der Waals surface area contributed by atoms with Crippen LogP contribution in [0.25, 0.3) is 0 Å². The van der Waals surface area contributed by atoms with Crippen molar-refractivity contribution in [3.8, 4) is 5.75 Å². The van der Waals surface area contributed by atoms with Crippen LogP contribution in [-0.2, 0) is 15.6 Å². The first kappa shape index (κ1) is 16.6. The summed E-state index contributed by atoms with van der Waals surface area (Å²) in [4.78, 5) is 0.319. The maximum atomic E-state index is 12.1. The van der Waals surface area contributed by atoms with Gasteiger partial charge in [0.1, 0.15) is 5.75 Å². The minimum atomic E-state index is -3.36. The van der Waals surface area contributed by atoms with E-state index < -0.39 is 9.84 Å². The highest BCUT2D eigenvalue weighted by atomic mass is 32.2. The van der Waals surface area contributed by atoms with Crippen LogP contribution in [0.15, 0.2) is 64.2 Å². The lowest BCUT2D eigenvalue weighted by atomic mass is 10.2. The minimum Gasteiger partial charge on any atom is -0.497 e. The third-order valence-corrected chi connectivity index (χ3v) is 5.51. The molecule has 5 heteroatoms. The molecule has 0 aliphatic heterocycles. The molecule has 0 radical (unpaired) electrons. The van der Waals surface area contributed by atoms with E-state index in [0.29, 0.717) is 10.6 Å². The van der Waals surface area contributed by atoms with Gasteiger partial charge in [-0.05, 0) is 42.2 Å². The molecule has 0 N–H and O–H groups in total. The van der Waals surface area contributed by atoms with Gasteiger partial charge in [0, 0.05) is 11.2 Å². The second-order valence-corrected chi connectivity index (χ2v) is 7.52. The molecule has 0 heterocycles. The number of hydrogen-bond donors (Lipinski definition) is 0. The lowest BCUT2D eigenvalue weighted by Gasteiger charge is -2.02. The van der Waals surface area contributed by atoms with Gasteiger partial charge in [-0.25, -0.2) is 8.42 Å². The van der Waals surface area contributed by atoms with Crippen LogP contribution >= 0.6 is 11.8 Å². The first-order valence-electron chi connectivity index (χ1n) is 6.74. The van der Waals surface area contributed by atoms with E-state index in [-0.39, 0.29) is 0 Å². The van der Waals surface area contributed by atoms with Crippen molar-refractivity contribution in [3.05, 3.63) is 70.5 Å². The zero-order valence-corrected chi connectivity index (χ0v) is 14.2. The zero-order valence-electron chi connectivity index (χ0n) is 12.5. The second kappa shape index (κ2) is 7.51. The van der Waals surface area contributed by atoms with Crippen molar-refractivity contribution in [1.82, 2.24) is 0 Å². The predicted molar refractivity (Wildman–Crippen MR) is 91.8 cm³/mol. The molecule has 0 bridgehead atoms. The van der Waals surface area contributed by atoms with Crippen molar-refractivity contribution in [2.24, 2.45) is 0 Å². The fourth-order valence-electron chi connectivity index (χ4n) is 1.79. The summed E-state index contributed by atoms with van der Waals surface area (Å²) in [5.41, 5.74) is 2.15. The summed E-state index contributed by atoms with van der Waals surface area (Å²) >= 11 is 1.44. The van der Waals surface area contributed by atoms with Crippen LogP contribution in [-0.4, -0.2) is 15.5 Å². The van der Waals surface area contributed by atoms with Gasteiger partial charge in [-0.15, -0.1) is 11.8 Å². The van der Waals surface area contributed by atoms with Gasteiger partial charge in [-0.3, -0.25) is 0 Å². The normalized spacial score (nSPS) is 11.7. The topological polar surface area (TPSA) is 43.4 Å². The lowest BCUT2D eigenvalue weighted by molar-refractivity contribution is 0.414. The second-order valence-electron chi connectivity index (χ2n) is 4.79. The summed E-state index contributed by atoms with van der Waals surface area (Å²) in [7, 11) is -1.74. The molecule has 3 nitrogen and oxygen atoms in total. The number of methoxy groups -OCH3 is 1. The Kier molecular flexibility index (Phi) is 5.69. The Morgan fingerprint density at radius 3 is 2.27 bits per heavy atom. The van der Waals surface area contributed by atoms with Crippen molar-refractivity contribution in [3.63, 3.8) is 0 Å². The maximum absolute atomic E-state index is 12.1. The molecule has 0 atom stereocenters. The average Bonchev–Trinajstić information content (AvgIpc) is 2.52. The Labute approximate surface area is 135 Å². The molecule has 2 aromatic carbocycles. The molecule has 0 fully saturated rings. The SMILES string of the molecule is COc1ccc(CS/C=C/S(=O)(=O)c2ccc(C)cc2)cc1. The monoisotopic (exact) mass is 334 g/mol. The molecular formula is C17H18O3S2. The summed E-state index contributed by atoms with van der Waals surface area (Å²) in [6.45, 7) is 1.93. The number of benzene rings is 2. The number of aryl methyl sites for hydroxylation is 1. The highest BCUT2D eigenvalue weighted by Crippen LogP contribution is 2.19. The van der Waals surface area contributed by atoms with Crippen molar-refractivity contribution >= 4 is 21.6 Å². The molecule has 0 aliphatic rings. The summed E-state index contributed by atoms with van der Waals surface area (Å²) in [5.74, 6) is 1.52. The maximum Gasteiger partial charge on any atom is 0.200 e. The summed E-state index contributed by atoms with van der Waals surface area (Å²) in [6, 6.07) is 14.6. The minimum absolute atomic E-state index is 0.319.